The van der Waals surface area contributed by atoms with E-state index in [0.717, 1.165) is 31.6 Å². The van der Waals surface area contributed by atoms with E-state index in [1.54, 1.807) is 6.07 Å². The van der Waals surface area contributed by atoms with E-state index >= 15 is 0 Å². The first kappa shape index (κ1) is 15.4. The number of hydrogen-bond donors (Lipinski definition) is 0. The van der Waals surface area contributed by atoms with Crippen molar-refractivity contribution in [3.8, 4) is 0 Å². The van der Waals surface area contributed by atoms with Gasteiger partial charge < -0.3 is 9.80 Å². The number of amides is 1. The van der Waals surface area contributed by atoms with Crippen LogP contribution < -0.4 is 0 Å². The average molecular weight is 343 g/mol. The van der Waals surface area contributed by atoms with Crippen LogP contribution in [0, 0.1) is 11.7 Å². The highest BCUT2D eigenvalue weighted by molar-refractivity contribution is 9.10. The minimum atomic E-state index is -0.291. The van der Waals surface area contributed by atoms with E-state index < -0.39 is 0 Å². The second-order valence-corrected chi connectivity index (χ2v) is 6.52. The van der Waals surface area contributed by atoms with Crippen molar-refractivity contribution in [2.24, 2.45) is 5.92 Å². The zero-order chi connectivity index (χ0) is 14.7. The summed E-state index contributed by atoms with van der Waals surface area (Å²) >= 11 is 3.31. The molecule has 0 aliphatic carbocycles. The molecule has 0 spiro atoms. The fraction of sp³-hybridized carbons (Fsp3) is 0.533. The molecule has 0 unspecified atom stereocenters. The molecule has 0 N–H and O–H groups in total. The number of halogens is 2. The van der Waals surface area contributed by atoms with Gasteiger partial charge in [-0.2, -0.15) is 0 Å². The Morgan fingerprint density at radius 1 is 1.50 bits per heavy atom. The molecule has 1 aromatic rings. The predicted octanol–water partition coefficient (Wildman–Crippen LogP) is 2.54. The highest BCUT2D eigenvalue weighted by atomic mass is 79.9. The van der Waals surface area contributed by atoms with Crippen molar-refractivity contribution in [2.45, 2.75) is 12.8 Å². The molecule has 0 radical (unpaired) electrons. The molecule has 20 heavy (non-hydrogen) atoms. The van der Waals surface area contributed by atoms with E-state index in [-0.39, 0.29) is 11.7 Å². The summed E-state index contributed by atoms with van der Waals surface area (Å²) in [5.41, 5.74) is 0.840. The van der Waals surface area contributed by atoms with Gasteiger partial charge in [-0.15, -0.1) is 0 Å². The fourth-order valence-electron chi connectivity index (χ4n) is 2.66. The molecule has 1 heterocycles. The quantitative estimate of drug-likeness (QED) is 0.839. The van der Waals surface area contributed by atoms with Crippen LogP contribution >= 0.6 is 15.9 Å². The van der Waals surface area contributed by atoms with Crippen molar-refractivity contribution < 1.29 is 9.18 Å². The first-order chi connectivity index (χ1) is 9.45. The summed E-state index contributed by atoms with van der Waals surface area (Å²) in [4.78, 5) is 16.4. The molecule has 1 aliphatic heterocycles. The monoisotopic (exact) mass is 342 g/mol. The van der Waals surface area contributed by atoms with Crippen LogP contribution in [0.2, 0.25) is 0 Å². The smallest absolute Gasteiger partial charge is 0.227 e. The third kappa shape index (κ3) is 4.03. The Morgan fingerprint density at radius 2 is 2.25 bits per heavy atom. The summed E-state index contributed by atoms with van der Waals surface area (Å²) in [5, 5.41) is 0. The Morgan fingerprint density at radius 3 is 2.90 bits per heavy atom. The van der Waals surface area contributed by atoms with Gasteiger partial charge in [0.1, 0.15) is 5.82 Å². The van der Waals surface area contributed by atoms with E-state index in [0.29, 0.717) is 16.8 Å². The SMILES string of the molecule is CN(C)C[C@@H]1CCN(C(=O)Cc2ccc(F)cc2Br)C1. The molecule has 0 aromatic heterocycles. The zero-order valence-electron chi connectivity index (χ0n) is 11.9. The number of carbonyl (C=O) groups is 1. The topological polar surface area (TPSA) is 23.6 Å². The highest BCUT2D eigenvalue weighted by Crippen LogP contribution is 2.22. The predicted molar refractivity (Wildman–Crippen MR) is 81.0 cm³/mol. The lowest BCUT2D eigenvalue weighted by Gasteiger charge is -2.19. The van der Waals surface area contributed by atoms with Gasteiger partial charge in [-0.25, -0.2) is 4.39 Å². The van der Waals surface area contributed by atoms with Gasteiger partial charge in [-0.3, -0.25) is 4.79 Å². The molecular formula is C15H20BrFN2O. The van der Waals surface area contributed by atoms with Crippen LogP contribution in [0.25, 0.3) is 0 Å². The summed E-state index contributed by atoms with van der Waals surface area (Å²) in [7, 11) is 4.11. The van der Waals surface area contributed by atoms with Gasteiger partial charge in [0.15, 0.2) is 0 Å². The Labute approximate surface area is 127 Å². The number of nitrogens with zero attached hydrogens (tertiary/aromatic N) is 2. The van der Waals surface area contributed by atoms with Gasteiger partial charge >= 0.3 is 0 Å². The summed E-state index contributed by atoms with van der Waals surface area (Å²) in [6.07, 6.45) is 1.39. The summed E-state index contributed by atoms with van der Waals surface area (Å²) in [6.45, 7) is 2.68. The van der Waals surface area contributed by atoms with E-state index in [1.165, 1.54) is 12.1 Å². The Bertz CT molecular complexity index is 493. The zero-order valence-corrected chi connectivity index (χ0v) is 13.5. The van der Waals surface area contributed by atoms with Crippen LogP contribution in [-0.4, -0.2) is 49.4 Å². The molecule has 1 fully saturated rings. The third-order valence-electron chi connectivity index (χ3n) is 3.62. The molecule has 1 amide bonds. The van der Waals surface area contributed by atoms with Crippen LogP contribution in [0.15, 0.2) is 22.7 Å². The maximum atomic E-state index is 13.0. The van der Waals surface area contributed by atoms with Crippen molar-refractivity contribution in [1.29, 1.82) is 0 Å². The molecule has 2 rings (SSSR count). The first-order valence-corrected chi connectivity index (χ1v) is 7.61. The summed E-state index contributed by atoms with van der Waals surface area (Å²) in [6, 6.07) is 4.47. The van der Waals surface area contributed by atoms with Gasteiger partial charge in [-0.05, 0) is 44.1 Å². The van der Waals surface area contributed by atoms with Crippen LogP contribution in [0.4, 0.5) is 4.39 Å². The molecule has 3 nitrogen and oxygen atoms in total. The summed E-state index contributed by atoms with van der Waals surface area (Å²) < 4.78 is 13.7. The van der Waals surface area contributed by atoms with Crippen LogP contribution in [0.1, 0.15) is 12.0 Å². The molecule has 1 aliphatic rings. The van der Waals surface area contributed by atoms with Crippen molar-refractivity contribution in [3.63, 3.8) is 0 Å². The number of carbonyl (C=O) groups excluding carboxylic acids is 1. The van der Waals surface area contributed by atoms with Gasteiger partial charge in [-0.1, -0.05) is 22.0 Å². The molecule has 1 atom stereocenters. The number of likely N-dealkylation sites (tertiary alicyclic amines) is 1. The third-order valence-corrected chi connectivity index (χ3v) is 4.36. The molecule has 0 saturated carbocycles. The Balaban J connectivity index is 1.92. The van der Waals surface area contributed by atoms with Gasteiger partial charge in [0.25, 0.3) is 0 Å². The number of rotatable bonds is 4. The lowest BCUT2D eigenvalue weighted by Crippen LogP contribution is -2.31. The van der Waals surface area contributed by atoms with Crippen LogP contribution in [-0.2, 0) is 11.2 Å². The highest BCUT2D eigenvalue weighted by Gasteiger charge is 2.26. The number of hydrogen-bond acceptors (Lipinski definition) is 2. The van der Waals surface area contributed by atoms with Crippen LogP contribution in [0.3, 0.4) is 0 Å². The lowest BCUT2D eigenvalue weighted by atomic mass is 10.1. The lowest BCUT2D eigenvalue weighted by molar-refractivity contribution is -0.129. The second kappa shape index (κ2) is 6.68. The van der Waals surface area contributed by atoms with E-state index in [2.05, 4.69) is 34.9 Å². The normalized spacial score (nSPS) is 18.9. The van der Waals surface area contributed by atoms with Crippen molar-refractivity contribution in [3.05, 3.63) is 34.1 Å². The first-order valence-electron chi connectivity index (χ1n) is 6.82. The maximum absolute atomic E-state index is 13.0. The minimum absolute atomic E-state index is 0.124. The van der Waals surface area contributed by atoms with Crippen molar-refractivity contribution >= 4 is 21.8 Å². The van der Waals surface area contributed by atoms with E-state index in [4.69, 9.17) is 0 Å². The maximum Gasteiger partial charge on any atom is 0.227 e. The van der Waals surface area contributed by atoms with Crippen LogP contribution in [0.5, 0.6) is 0 Å². The molecule has 110 valence electrons. The van der Waals surface area contributed by atoms with Crippen molar-refractivity contribution in [1.82, 2.24) is 9.80 Å². The fourth-order valence-corrected chi connectivity index (χ4v) is 3.16. The molecular weight excluding hydrogens is 323 g/mol. The van der Waals surface area contributed by atoms with E-state index in [1.807, 2.05) is 4.90 Å². The standard InChI is InChI=1S/C15H20BrFN2O/c1-18(2)9-11-5-6-19(10-11)15(20)7-12-3-4-13(17)8-14(12)16/h3-4,8,11H,5-7,9-10H2,1-2H3/t11-/m0/s1. The van der Waals surface area contributed by atoms with Gasteiger partial charge in [0.05, 0.1) is 6.42 Å². The molecule has 1 saturated heterocycles. The molecule has 0 bridgehead atoms. The van der Waals surface area contributed by atoms with Gasteiger partial charge in [0, 0.05) is 24.1 Å². The second-order valence-electron chi connectivity index (χ2n) is 5.67. The Kier molecular flexibility index (Phi) is 5.16. The summed E-state index contributed by atoms with van der Waals surface area (Å²) in [5.74, 6) is 0.393. The minimum Gasteiger partial charge on any atom is -0.342 e. The largest absolute Gasteiger partial charge is 0.342 e. The molecule has 5 heteroatoms. The number of benzene rings is 1. The van der Waals surface area contributed by atoms with Gasteiger partial charge in [0.2, 0.25) is 5.91 Å². The van der Waals surface area contributed by atoms with E-state index in [9.17, 15) is 9.18 Å². The van der Waals surface area contributed by atoms with Crippen molar-refractivity contribution in [2.75, 3.05) is 33.7 Å². The average Bonchev–Trinajstić information content (AvgIpc) is 2.80. The molecule has 1 aromatic carbocycles. The Hall–Kier alpha value is -0.940.